The fourth-order valence-electron chi connectivity index (χ4n) is 4.63. The molecule has 2 saturated heterocycles. The van der Waals surface area contributed by atoms with Crippen LogP contribution in [0.25, 0.3) is 10.9 Å². The van der Waals surface area contributed by atoms with E-state index in [1.807, 2.05) is 24.9 Å². The third kappa shape index (κ3) is 2.85. The van der Waals surface area contributed by atoms with Crippen molar-refractivity contribution in [3.8, 4) is 0 Å². The van der Waals surface area contributed by atoms with E-state index in [9.17, 15) is 9.90 Å². The lowest BCUT2D eigenvalue weighted by atomic mass is 9.82. The molecule has 134 valence electrons. The van der Waals surface area contributed by atoms with Gasteiger partial charge in [0.15, 0.2) is 0 Å². The van der Waals surface area contributed by atoms with Crippen molar-refractivity contribution in [2.24, 2.45) is 17.3 Å². The Kier molecular flexibility index (Phi) is 4.08. The standard InChI is InChI=1S/C20H27N3O2/c1-14(2)19(25)23-10-17-9-22(11-20(17,12-23)13-24)8-15-3-4-18-16(7-15)5-6-21-18/h3-7,14,17,21,24H,8-13H2,1-2H3/t17-,20+/m0/s1. The molecule has 0 saturated carbocycles. The van der Waals surface area contributed by atoms with Crippen LogP contribution in [-0.4, -0.2) is 58.6 Å². The monoisotopic (exact) mass is 341 g/mol. The first-order valence-corrected chi connectivity index (χ1v) is 9.19. The quantitative estimate of drug-likeness (QED) is 0.895. The number of aromatic nitrogens is 1. The van der Waals surface area contributed by atoms with Gasteiger partial charge < -0.3 is 15.0 Å². The van der Waals surface area contributed by atoms with Gasteiger partial charge in [0.2, 0.25) is 5.91 Å². The van der Waals surface area contributed by atoms with Crippen molar-refractivity contribution in [3.05, 3.63) is 36.0 Å². The molecule has 2 atom stereocenters. The number of likely N-dealkylation sites (tertiary alicyclic amines) is 2. The normalized spacial score (nSPS) is 26.7. The lowest BCUT2D eigenvalue weighted by molar-refractivity contribution is -0.134. The van der Waals surface area contributed by atoms with Gasteiger partial charge in [0.25, 0.3) is 0 Å². The van der Waals surface area contributed by atoms with E-state index in [-0.39, 0.29) is 23.8 Å². The second-order valence-electron chi connectivity index (χ2n) is 8.16. The Labute approximate surface area is 148 Å². The van der Waals surface area contributed by atoms with Crippen molar-refractivity contribution in [1.82, 2.24) is 14.8 Å². The summed E-state index contributed by atoms with van der Waals surface area (Å²) in [7, 11) is 0. The molecule has 0 unspecified atom stereocenters. The number of H-pyrrole nitrogens is 1. The number of rotatable bonds is 4. The topological polar surface area (TPSA) is 59.6 Å². The van der Waals surface area contributed by atoms with Crippen LogP contribution in [0.4, 0.5) is 0 Å². The van der Waals surface area contributed by atoms with Gasteiger partial charge >= 0.3 is 0 Å². The zero-order chi connectivity index (χ0) is 17.6. The predicted molar refractivity (Wildman–Crippen MR) is 98.0 cm³/mol. The first-order valence-electron chi connectivity index (χ1n) is 9.19. The van der Waals surface area contributed by atoms with E-state index in [0.717, 1.165) is 31.7 Å². The number of nitrogens with one attached hydrogen (secondary N) is 1. The lowest BCUT2D eigenvalue weighted by Gasteiger charge is -2.28. The van der Waals surface area contributed by atoms with Gasteiger partial charge in [-0.2, -0.15) is 0 Å². The second kappa shape index (κ2) is 6.15. The summed E-state index contributed by atoms with van der Waals surface area (Å²) in [6.45, 7) is 8.25. The highest BCUT2D eigenvalue weighted by Gasteiger charge is 2.53. The molecule has 2 aromatic rings. The van der Waals surface area contributed by atoms with E-state index in [0.29, 0.717) is 12.5 Å². The smallest absolute Gasteiger partial charge is 0.225 e. The fourth-order valence-corrected chi connectivity index (χ4v) is 4.63. The first-order chi connectivity index (χ1) is 12.0. The Hall–Kier alpha value is -1.85. The van der Waals surface area contributed by atoms with E-state index in [1.165, 1.54) is 10.9 Å². The molecule has 2 aliphatic rings. The van der Waals surface area contributed by atoms with E-state index in [1.54, 1.807) is 0 Å². The highest BCUT2D eigenvalue weighted by molar-refractivity contribution is 5.80. The van der Waals surface area contributed by atoms with E-state index >= 15 is 0 Å². The molecule has 4 rings (SSSR count). The van der Waals surface area contributed by atoms with Crippen molar-refractivity contribution < 1.29 is 9.90 Å². The first kappa shape index (κ1) is 16.6. The maximum Gasteiger partial charge on any atom is 0.225 e. The molecule has 1 aromatic carbocycles. The van der Waals surface area contributed by atoms with Crippen LogP contribution >= 0.6 is 0 Å². The summed E-state index contributed by atoms with van der Waals surface area (Å²) in [4.78, 5) is 20.0. The Morgan fingerprint density at radius 2 is 2.16 bits per heavy atom. The van der Waals surface area contributed by atoms with Gasteiger partial charge in [-0.05, 0) is 35.1 Å². The van der Waals surface area contributed by atoms with Crippen LogP contribution in [0.2, 0.25) is 0 Å². The molecule has 0 spiro atoms. The molecule has 2 N–H and O–H groups in total. The maximum atomic E-state index is 12.3. The molecule has 1 amide bonds. The van der Waals surface area contributed by atoms with Gasteiger partial charge in [0.1, 0.15) is 0 Å². The third-order valence-electron chi connectivity index (χ3n) is 5.97. The molecule has 3 heterocycles. The number of fused-ring (bicyclic) bond motifs is 2. The molecule has 25 heavy (non-hydrogen) atoms. The predicted octanol–water partition coefficient (Wildman–Crippen LogP) is 2.08. The number of aliphatic hydroxyl groups excluding tert-OH is 1. The zero-order valence-electron chi connectivity index (χ0n) is 15.0. The molecule has 2 aliphatic heterocycles. The van der Waals surface area contributed by atoms with Gasteiger partial charge in [0, 0.05) is 55.8 Å². The minimum Gasteiger partial charge on any atom is -0.396 e. The lowest BCUT2D eigenvalue weighted by Crippen LogP contribution is -2.40. The van der Waals surface area contributed by atoms with Crippen LogP contribution in [0.3, 0.4) is 0 Å². The zero-order valence-corrected chi connectivity index (χ0v) is 15.0. The molecule has 5 heteroatoms. The molecule has 1 aromatic heterocycles. The summed E-state index contributed by atoms with van der Waals surface area (Å²) in [5.41, 5.74) is 2.31. The molecule has 5 nitrogen and oxygen atoms in total. The molecule has 0 aliphatic carbocycles. The van der Waals surface area contributed by atoms with Crippen molar-refractivity contribution in [2.75, 3.05) is 32.8 Å². The summed E-state index contributed by atoms with van der Waals surface area (Å²) in [5.74, 6) is 0.613. The average molecular weight is 341 g/mol. The van der Waals surface area contributed by atoms with E-state index < -0.39 is 0 Å². The number of carbonyl (C=O) groups excluding carboxylic acids is 1. The van der Waals surface area contributed by atoms with Gasteiger partial charge in [-0.25, -0.2) is 0 Å². The van der Waals surface area contributed by atoms with Crippen LogP contribution in [0.15, 0.2) is 30.5 Å². The SMILES string of the molecule is CC(C)C(=O)N1C[C@@H]2CN(Cc3ccc4[nH]ccc4c3)C[C@]2(CO)C1. The minimum absolute atomic E-state index is 0.0266. The van der Waals surface area contributed by atoms with Crippen molar-refractivity contribution in [1.29, 1.82) is 0 Å². The summed E-state index contributed by atoms with van der Waals surface area (Å²) in [6.07, 6.45) is 1.97. The third-order valence-corrected chi connectivity index (χ3v) is 5.97. The number of aromatic amines is 1. The maximum absolute atomic E-state index is 12.3. The average Bonchev–Trinajstić information content (AvgIpc) is 3.25. The molecular formula is C20H27N3O2. The number of benzene rings is 1. The number of amides is 1. The Morgan fingerprint density at radius 3 is 2.88 bits per heavy atom. The van der Waals surface area contributed by atoms with Crippen LogP contribution < -0.4 is 0 Å². The number of carbonyl (C=O) groups is 1. The summed E-state index contributed by atoms with van der Waals surface area (Å²) < 4.78 is 0. The van der Waals surface area contributed by atoms with Crippen molar-refractivity contribution >= 4 is 16.8 Å². The molecule has 0 radical (unpaired) electrons. The van der Waals surface area contributed by atoms with Gasteiger partial charge in [-0.15, -0.1) is 0 Å². The Balaban J connectivity index is 1.46. The highest BCUT2D eigenvalue weighted by Crippen LogP contribution is 2.43. The molecular weight excluding hydrogens is 314 g/mol. The Morgan fingerprint density at radius 1 is 1.32 bits per heavy atom. The van der Waals surface area contributed by atoms with Crippen LogP contribution in [0.1, 0.15) is 19.4 Å². The summed E-state index contributed by atoms with van der Waals surface area (Å²) in [6, 6.07) is 8.64. The van der Waals surface area contributed by atoms with Crippen molar-refractivity contribution in [3.63, 3.8) is 0 Å². The summed E-state index contributed by atoms with van der Waals surface area (Å²) >= 11 is 0. The van der Waals surface area contributed by atoms with Gasteiger partial charge in [-0.1, -0.05) is 19.9 Å². The number of hydrogen-bond donors (Lipinski definition) is 2. The van der Waals surface area contributed by atoms with Gasteiger partial charge in [-0.3, -0.25) is 9.69 Å². The number of hydrogen-bond acceptors (Lipinski definition) is 3. The largest absolute Gasteiger partial charge is 0.396 e. The molecule has 0 bridgehead atoms. The van der Waals surface area contributed by atoms with Crippen LogP contribution in [-0.2, 0) is 11.3 Å². The Bertz CT molecular complexity index is 784. The summed E-state index contributed by atoms with van der Waals surface area (Å²) in [5, 5.41) is 11.3. The second-order valence-corrected chi connectivity index (χ2v) is 8.16. The van der Waals surface area contributed by atoms with Crippen molar-refractivity contribution in [2.45, 2.75) is 20.4 Å². The fraction of sp³-hybridized carbons (Fsp3) is 0.550. The van der Waals surface area contributed by atoms with Crippen LogP contribution in [0.5, 0.6) is 0 Å². The van der Waals surface area contributed by atoms with Gasteiger partial charge in [0.05, 0.1) is 6.61 Å². The number of nitrogens with zero attached hydrogens (tertiary/aromatic N) is 2. The van der Waals surface area contributed by atoms with E-state index in [4.69, 9.17) is 0 Å². The van der Waals surface area contributed by atoms with E-state index in [2.05, 4.69) is 34.1 Å². The highest BCUT2D eigenvalue weighted by atomic mass is 16.3. The van der Waals surface area contributed by atoms with Crippen LogP contribution in [0, 0.1) is 17.3 Å². The molecule has 2 fully saturated rings. The number of aliphatic hydroxyl groups is 1. The minimum atomic E-state index is -0.150.